The summed E-state index contributed by atoms with van der Waals surface area (Å²) in [6, 6.07) is 0.674. The lowest BCUT2D eigenvalue weighted by atomic mass is 9.94. The molecule has 112 valence electrons. The summed E-state index contributed by atoms with van der Waals surface area (Å²) >= 11 is 0. The molecule has 0 amide bonds. The highest BCUT2D eigenvalue weighted by atomic mass is 32.2. The fourth-order valence-electron chi connectivity index (χ4n) is 2.86. The zero-order chi connectivity index (χ0) is 13.7. The van der Waals surface area contributed by atoms with Crippen LogP contribution in [-0.4, -0.2) is 44.2 Å². The Morgan fingerprint density at radius 1 is 1.16 bits per heavy atom. The van der Waals surface area contributed by atoms with E-state index in [0.29, 0.717) is 11.8 Å². The van der Waals surface area contributed by atoms with Gasteiger partial charge in [0, 0.05) is 19.1 Å². The van der Waals surface area contributed by atoms with Gasteiger partial charge >= 0.3 is 0 Å². The molecule has 1 aliphatic carbocycles. The zero-order valence-electron chi connectivity index (χ0n) is 12.1. The van der Waals surface area contributed by atoms with E-state index in [1.807, 2.05) is 0 Å². The van der Waals surface area contributed by atoms with E-state index in [2.05, 4.69) is 12.2 Å². The SMILES string of the molecule is CCCC1CCN(S(=O)(=O)CCCNC2CC2)CC1. The molecule has 0 bridgehead atoms. The lowest BCUT2D eigenvalue weighted by Crippen LogP contribution is -2.40. The van der Waals surface area contributed by atoms with Crippen LogP contribution in [0.25, 0.3) is 0 Å². The molecule has 19 heavy (non-hydrogen) atoms. The van der Waals surface area contributed by atoms with Crippen molar-refractivity contribution in [1.29, 1.82) is 0 Å². The molecule has 1 heterocycles. The van der Waals surface area contributed by atoms with E-state index in [0.717, 1.165) is 44.8 Å². The third-order valence-corrected chi connectivity index (χ3v) is 6.21. The van der Waals surface area contributed by atoms with Crippen molar-refractivity contribution >= 4 is 10.0 Å². The predicted molar refractivity (Wildman–Crippen MR) is 78.6 cm³/mol. The van der Waals surface area contributed by atoms with Gasteiger partial charge in [-0.25, -0.2) is 12.7 Å². The Kier molecular flexibility index (Phi) is 5.66. The molecule has 1 saturated heterocycles. The van der Waals surface area contributed by atoms with Crippen molar-refractivity contribution in [2.75, 3.05) is 25.4 Å². The predicted octanol–water partition coefficient (Wildman–Crippen LogP) is 1.97. The molecule has 1 N–H and O–H groups in total. The summed E-state index contributed by atoms with van der Waals surface area (Å²) in [7, 11) is -3.01. The molecular weight excluding hydrogens is 260 g/mol. The van der Waals surface area contributed by atoms with Crippen LogP contribution in [0.4, 0.5) is 0 Å². The normalized spacial score (nSPS) is 22.8. The lowest BCUT2D eigenvalue weighted by Gasteiger charge is -2.31. The molecule has 2 fully saturated rings. The van der Waals surface area contributed by atoms with Crippen molar-refractivity contribution < 1.29 is 8.42 Å². The molecule has 0 spiro atoms. The van der Waals surface area contributed by atoms with E-state index in [9.17, 15) is 8.42 Å². The largest absolute Gasteiger partial charge is 0.314 e. The number of rotatable bonds is 8. The molecule has 2 aliphatic rings. The van der Waals surface area contributed by atoms with Gasteiger partial charge in [-0.1, -0.05) is 19.8 Å². The van der Waals surface area contributed by atoms with Crippen LogP contribution in [0, 0.1) is 5.92 Å². The van der Waals surface area contributed by atoms with Gasteiger partial charge in [-0.3, -0.25) is 0 Å². The van der Waals surface area contributed by atoms with Crippen LogP contribution in [0.1, 0.15) is 51.9 Å². The van der Waals surface area contributed by atoms with E-state index in [1.54, 1.807) is 4.31 Å². The van der Waals surface area contributed by atoms with Gasteiger partial charge in [0.2, 0.25) is 10.0 Å². The maximum absolute atomic E-state index is 12.2. The van der Waals surface area contributed by atoms with Gasteiger partial charge in [-0.2, -0.15) is 0 Å². The molecule has 1 saturated carbocycles. The Morgan fingerprint density at radius 2 is 1.84 bits per heavy atom. The van der Waals surface area contributed by atoms with Gasteiger partial charge in [-0.05, 0) is 44.6 Å². The Labute approximate surface area is 118 Å². The average molecular weight is 288 g/mol. The molecule has 0 aromatic carbocycles. The highest BCUT2D eigenvalue weighted by Gasteiger charge is 2.27. The molecule has 2 rings (SSSR count). The summed E-state index contributed by atoms with van der Waals surface area (Å²) in [5, 5.41) is 3.37. The van der Waals surface area contributed by atoms with Crippen LogP contribution >= 0.6 is 0 Å². The summed E-state index contributed by atoms with van der Waals surface area (Å²) in [4.78, 5) is 0. The second kappa shape index (κ2) is 7.04. The van der Waals surface area contributed by atoms with E-state index < -0.39 is 10.0 Å². The highest BCUT2D eigenvalue weighted by molar-refractivity contribution is 7.89. The summed E-state index contributed by atoms with van der Waals surface area (Å²) in [5.74, 6) is 1.05. The molecule has 0 atom stereocenters. The average Bonchev–Trinajstić information content (AvgIpc) is 3.20. The zero-order valence-corrected chi connectivity index (χ0v) is 12.9. The van der Waals surface area contributed by atoms with Gasteiger partial charge in [-0.15, -0.1) is 0 Å². The van der Waals surface area contributed by atoms with Crippen molar-refractivity contribution in [3.63, 3.8) is 0 Å². The maximum Gasteiger partial charge on any atom is 0.214 e. The Morgan fingerprint density at radius 3 is 2.42 bits per heavy atom. The number of piperidine rings is 1. The quantitative estimate of drug-likeness (QED) is 0.695. The minimum absolute atomic E-state index is 0.311. The Bertz CT molecular complexity index is 358. The number of hydrogen-bond acceptors (Lipinski definition) is 3. The first-order chi connectivity index (χ1) is 9.12. The lowest BCUT2D eigenvalue weighted by molar-refractivity contribution is 0.262. The first-order valence-corrected chi connectivity index (χ1v) is 9.44. The Balaban J connectivity index is 1.67. The number of nitrogens with one attached hydrogen (secondary N) is 1. The van der Waals surface area contributed by atoms with Crippen LogP contribution in [0.15, 0.2) is 0 Å². The first-order valence-electron chi connectivity index (χ1n) is 7.83. The number of hydrogen-bond donors (Lipinski definition) is 1. The minimum Gasteiger partial charge on any atom is -0.314 e. The van der Waals surface area contributed by atoms with Gasteiger partial charge in [0.15, 0.2) is 0 Å². The Hall–Kier alpha value is -0.130. The summed E-state index contributed by atoms with van der Waals surface area (Å²) in [5.41, 5.74) is 0. The first kappa shape index (κ1) is 15.3. The molecule has 0 radical (unpaired) electrons. The maximum atomic E-state index is 12.2. The third kappa shape index (κ3) is 5.04. The highest BCUT2D eigenvalue weighted by Crippen LogP contribution is 2.23. The minimum atomic E-state index is -3.01. The molecule has 0 aromatic heterocycles. The fourth-order valence-corrected chi connectivity index (χ4v) is 4.40. The second-order valence-electron chi connectivity index (χ2n) is 6.03. The summed E-state index contributed by atoms with van der Waals surface area (Å²) < 4.78 is 26.1. The molecule has 5 heteroatoms. The topological polar surface area (TPSA) is 49.4 Å². The molecule has 0 unspecified atom stereocenters. The van der Waals surface area contributed by atoms with Crippen LogP contribution in [0.3, 0.4) is 0 Å². The van der Waals surface area contributed by atoms with E-state index in [1.165, 1.54) is 25.7 Å². The van der Waals surface area contributed by atoms with Crippen LogP contribution < -0.4 is 5.32 Å². The summed E-state index contributed by atoms with van der Waals surface area (Å²) in [6.45, 7) is 4.53. The molecular formula is C14H28N2O2S. The monoisotopic (exact) mass is 288 g/mol. The standard InChI is InChI=1S/C14H28N2O2S/c1-2-4-13-7-10-16(11-8-13)19(17,18)12-3-9-15-14-5-6-14/h13-15H,2-12H2,1H3. The molecule has 4 nitrogen and oxygen atoms in total. The van der Waals surface area contributed by atoms with E-state index in [-0.39, 0.29) is 0 Å². The van der Waals surface area contributed by atoms with Crippen molar-refractivity contribution in [2.24, 2.45) is 5.92 Å². The van der Waals surface area contributed by atoms with Crippen molar-refractivity contribution in [1.82, 2.24) is 9.62 Å². The fraction of sp³-hybridized carbons (Fsp3) is 1.00. The number of nitrogens with zero attached hydrogens (tertiary/aromatic N) is 1. The van der Waals surface area contributed by atoms with Crippen molar-refractivity contribution in [3.05, 3.63) is 0 Å². The van der Waals surface area contributed by atoms with Gasteiger partial charge in [0.25, 0.3) is 0 Å². The summed E-state index contributed by atoms with van der Waals surface area (Å²) in [6.07, 6.45) is 7.83. The van der Waals surface area contributed by atoms with Gasteiger partial charge < -0.3 is 5.32 Å². The van der Waals surface area contributed by atoms with Crippen LogP contribution in [0.2, 0.25) is 0 Å². The van der Waals surface area contributed by atoms with Gasteiger partial charge in [0.1, 0.15) is 0 Å². The number of sulfonamides is 1. The van der Waals surface area contributed by atoms with E-state index >= 15 is 0 Å². The smallest absolute Gasteiger partial charge is 0.214 e. The van der Waals surface area contributed by atoms with Crippen molar-refractivity contribution in [2.45, 2.75) is 57.9 Å². The van der Waals surface area contributed by atoms with Crippen LogP contribution in [0.5, 0.6) is 0 Å². The third-order valence-electron chi connectivity index (χ3n) is 4.25. The second-order valence-corrected chi connectivity index (χ2v) is 8.12. The van der Waals surface area contributed by atoms with E-state index in [4.69, 9.17) is 0 Å². The van der Waals surface area contributed by atoms with Crippen molar-refractivity contribution in [3.8, 4) is 0 Å². The van der Waals surface area contributed by atoms with Gasteiger partial charge in [0.05, 0.1) is 5.75 Å². The molecule has 1 aliphatic heterocycles. The molecule has 0 aromatic rings. The van der Waals surface area contributed by atoms with Crippen LogP contribution in [-0.2, 0) is 10.0 Å².